The van der Waals surface area contributed by atoms with Gasteiger partial charge in [-0.05, 0) is 12.0 Å². The third kappa shape index (κ3) is 1.75. The fourth-order valence-corrected chi connectivity index (χ4v) is 1.44. The number of methoxy groups -OCH3 is 1. The smallest absolute Gasteiger partial charge is 0.239 e. The SMILES string of the molecule is COc1nccnc1C1=CCOCC1. The quantitative estimate of drug-likeness (QED) is 0.708. The zero-order valence-electron chi connectivity index (χ0n) is 8.06. The van der Waals surface area contributed by atoms with Crippen molar-refractivity contribution < 1.29 is 9.47 Å². The number of hydrogen-bond donors (Lipinski definition) is 0. The van der Waals surface area contributed by atoms with Crippen molar-refractivity contribution >= 4 is 5.57 Å². The maximum absolute atomic E-state index is 5.23. The first-order chi connectivity index (χ1) is 6.92. The van der Waals surface area contributed by atoms with Gasteiger partial charge in [0.05, 0.1) is 20.3 Å². The van der Waals surface area contributed by atoms with E-state index in [0.29, 0.717) is 12.5 Å². The summed E-state index contributed by atoms with van der Waals surface area (Å²) in [5.41, 5.74) is 1.99. The lowest BCUT2D eigenvalue weighted by molar-refractivity contribution is 0.161. The van der Waals surface area contributed by atoms with Gasteiger partial charge in [-0.15, -0.1) is 0 Å². The van der Waals surface area contributed by atoms with E-state index in [1.807, 2.05) is 6.08 Å². The van der Waals surface area contributed by atoms with Crippen LogP contribution in [0.1, 0.15) is 12.1 Å². The van der Waals surface area contributed by atoms with E-state index in [1.165, 1.54) is 0 Å². The Kier molecular flexibility index (Phi) is 2.74. The molecule has 1 aromatic rings. The average molecular weight is 192 g/mol. The van der Waals surface area contributed by atoms with E-state index >= 15 is 0 Å². The molecule has 0 unspecified atom stereocenters. The molecule has 0 fully saturated rings. The van der Waals surface area contributed by atoms with Gasteiger partial charge in [0, 0.05) is 12.4 Å². The largest absolute Gasteiger partial charge is 0.479 e. The van der Waals surface area contributed by atoms with E-state index in [9.17, 15) is 0 Å². The number of ether oxygens (including phenoxy) is 2. The highest BCUT2D eigenvalue weighted by Crippen LogP contribution is 2.25. The number of rotatable bonds is 2. The van der Waals surface area contributed by atoms with E-state index < -0.39 is 0 Å². The highest BCUT2D eigenvalue weighted by molar-refractivity contribution is 5.66. The third-order valence-corrected chi connectivity index (χ3v) is 2.13. The molecule has 0 bridgehead atoms. The minimum absolute atomic E-state index is 0.584. The molecule has 2 heterocycles. The van der Waals surface area contributed by atoms with Crippen LogP contribution >= 0.6 is 0 Å². The predicted molar refractivity (Wildman–Crippen MR) is 52.0 cm³/mol. The second kappa shape index (κ2) is 4.19. The van der Waals surface area contributed by atoms with Gasteiger partial charge in [0.2, 0.25) is 5.88 Å². The highest BCUT2D eigenvalue weighted by atomic mass is 16.5. The van der Waals surface area contributed by atoms with Crippen LogP contribution in [0.2, 0.25) is 0 Å². The number of hydrogen-bond acceptors (Lipinski definition) is 4. The minimum atomic E-state index is 0.584. The first-order valence-electron chi connectivity index (χ1n) is 4.54. The van der Waals surface area contributed by atoms with Crippen molar-refractivity contribution in [2.45, 2.75) is 6.42 Å². The first kappa shape index (κ1) is 9.15. The first-order valence-corrected chi connectivity index (χ1v) is 4.54. The van der Waals surface area contributed by atoms with Crippen molar-refractivity contribution in [2.24, 2.45) is 0 Å². The summed E-state index contributed by atoms with van der Waals surface area (Å²) in [4.78, 5) is 8.37. The Hall–Kier alpha value is -1.42. The topological polar surface area (TPSA) is 44.2 Å². The van der Waals surface area contributed by atoms with Crippen molar-refractivity contribution in [3.05, 3.63) is 24.2 Å². The Labute approximate surface area is 82.6 Å². The Morgan fingerprint density at radius 1 is 1.36 bits per heavy atom. The summed E-state index contributed by atoms with van der Waals surface area (Å²) < 4.78 is 10.4. The van der Waals surface area contributed by atoms with Crippen LogP contribution in [0.5, 0.6) is 5.88 Å². The Bertz CT molecular complexity index is 350. The summed E-state index contributed by atoms with van der Waals surface area (Å²) in [6.45, 7) is 1.39. The van der Waals surface area contributed by atoms with Gasteiger partial charge in [-0.25, -0.2) is 9.97 Å². The van der Waals surface area contributed by atoms with E-state index in [-0.39, 0.29) is 0 Å². The summed E-state index contributed by atoms with van der Waals surface area (Å²) >= 11 is 0. The van der Waals surface area contributed by atoms with Crippen LogP contribution < -0.4 is 4.74 Å². The van der Waals surface area contributed by atoms with Crippen LogP contribution in [0.25, 0.3) is 5.57 Å². The summed E-state index contributed by atoms with van der Waals surface area (Å²) in [7, 11) is 1.60. The minimum Gasteiger partial charge on any atom is -0.479 e. The molecule has 0 atom stereocenters. The van der Waals surface area contributed by atoms with Crippen LogP contribution in [0.3, 0.4) is 0 Å². The molecule has 74 valence electrons. The molecule has 0 saturated carbocycles. The molecule has 0 saturated heterocycles. The molecule has 4 nitrogen and oxygen atoms in total. The van der Waals surface area contributed by atoms with Gasteiger partial charge in [-0.2, -0.15) is 0 Å². The monoisotopic (exact) mass is 192 g/mol. The van der Waals surface area contributed by atoms with Gasteiger partial charge in [-0.3, -0.25) is 0 Å². The molecule has 0 N–H and O–H groups in total. The fourth-order valence-electron chi connectivity index (χ4n) is 1.44. The van der Waals surface area contributed by atoms with Gasteiger partial charge >= 0.3 is 0 Å². The zero-order valence-corrected chi connectivity index (χ0v) is 8.06. The second-order valence-electron chi connectivity index (χ2n) is 2.97. The number of aromatic nitrogens is 2. The van der Waals surface area contributed by atoms with E-state index in [4.69, 9.17) is 9.47 Å². The summed E-state index contributed by atoms with van der Waals surface area (Å²) in [5.74, 6) is 0.584. The lowest BCUT2D eigenvalue weighted by Gasteiger charge is -2.14. The van der Waals surface area contributed by atoms with Crippen molar-refractivity contribution in [3.63, 3.8) is 0 Å². The number of nitrogens with zero attached hydrogens (tertiary/aromatic N) is 2. The van der Waals surface area contributed by atoms with Crippen LogP contribution in [-0.2, 0) is 4.74 Å². The molecule has 1 aromatic heterocycles. The standard InChI is InChI=1S/C10H12N2O2/c1-13-10-9(11-4-5-12-10)8-2-6-14-7-3-8/h2,4-5H,3,6-7H2,1H3. The molecule has 0 amide bonds. The molecule has 0 radical (unpaired) electrons. The van der Waals surface area contributed by atoms with Gasteiger partial charge in [-0.1, -0.05) is 6.08 Å². The predicted octanol–water partition coefficient (Wildman–Crippen LogP) is 1.29. The summed E-state index contributed by atoms with van der Waals surface area (Å²) in [6, 6.07) is 0. The molecule has 0 spiro atoms. The van der Waals surface area contributed by atoms with E-state index in [2.05, 4.69) is 9.97 Å². The van der Waals surface area contributed by atoms with Crippen LogP contribution in [0.4, 0.5) is 0 Å². The maximum atomic E-state index is 5.23. The van der Waals surface area contributed by atoms with Gasteiger partial charge in [0.15, 0.2) is 0 Å². The highest BCUT2D eigenvalue weighted by Gasteiger charge is 2.12. The molecular formula is C10H12N2O2. The molecule has 1 aliphatic rings. The molecule has 4 heteroatoms. The summed E-state index contributed by atoms with van der Waals surface area (Å²) in [6.07, 6.45) is 6.20. The van der Waals surface area contributed by atoms with Crippen molar-refractivity contribution in [1.29, 1.82) is 0 Å². The van der Waals surface area contributed by atoms with Crippen LogP contribution in [-0.4, -0.2) is 30.3 Å². The van der Waals surface area contributed by atoms with Crippen molar-refractivity contribution in [3.8, 4) is 5.88 Å². The lowest BCUT2D eigenvalue weighted by Crippen LogP contribution is -2.06. The van der Waals surface area contributed by atoms with Gasteiger partial charge in [0.1, 0.15) is 5.69 Å². The molecule has 2 rings (SSSR count). The second-order valence-corrected chi connectivity index (χ2v) is 2.97. The third-order valence-electron chi connectivity index (χ3n) is 2.13. The molecule has 14 heavy (non-hydrogen) atoms. The molecule has 1 aliphatic heterocycles. The Morgan fingerprint density at radius 3 is 2.93 bits per heavy atom. The average Bonchev–Trinajstić information content (AvgIpc) is 2.30. The van der Waals surface area contributed by atoms with Crippen molar-refractivity contribution in [2.75, 3.05) is 20.3 Å². The van der Waals surface area contributed by atoms with E-state index in [0.717, 1.165) is 24.3 Å². The van der Waals surface area contributed by atoms with E-state index in [1.54, 1.807) is 19.5 Å². The Morgan fingerprint density at radius 2 is 2.21 bits per heavy atom. The zero-order chi connectivity index (χ0) is 9.80. The van der Waals surface area contributed by atoms with Gasteiger partial charge < -0.3 is 9.47 Å². The van der Waals surface area contributed by atoms with Gasteiger partial charge in [0.25, 0.3) is 0 Å². The van der Waals surface area contributed by atoms with Crippen LogP contribution in [0, 0.1) is 0 Å². The molecule has 0 aromatic carbocycles. The lowest BCUT2D eigenvalue weighted by atomic mass is 10.1. The Balaban J connectivity index is 2.34. The summed E-state index contributed by atoms with van der Waals surface area (Å²) in [5, 5.41) is 0. The van der Waals surface area contributed by atoms with Crippen molar-refractivity contribution in [1.82, 2.24) is 9.97 Å². The molecular weight excluding hydrogens is 180 g/mol. The maximum Gasteiger partial charge on any atom is 0.239 e. The fraction of sp³-hybridized carbons (Fsp3) is 0.400. The normalized spacial score (nSPS) is 16.2. The van der Waals surface area contributed by atoms with Crippen LogP contribution in [0.15, 0.2) is 18.5 Å². The molecule has 0 aliphatic carbocycles.